The van der Waals surface area contributed by atoms with Crippen molar-refractivity contribution < 1.29 is 29.4 Å². The summed E-state index contributed by atoms with van der Waals surface area (Å²) in [6, 6.07) is 10.0. The van der Waals surface area contributed by atoms with E-state index in [1.807, 2.05) is 41.5 Å². The number of hydrogen-bond donors (Lipinski definition) is 2. The van der Waals surface area contributed by atoms with Crippen LogP contribution in [-0.4, -0.2) is 64.9 Å². The summed E-state index contributed by atoms with van der Waals surface area (Å²) >= 11 is 0. The number of carbonyl (C=O) groups is 2. The maximum absolute atomic E-state index is 13.6. The highest BCUT2D eigenvalue weighted by atomic mass is 16.7. The average Bonchev–Trinajstić information content (AvgIpc) is 3.39. The van der Waals surface area contributed by atoms with E-state index in [-0.39, 0.29) is 40.7 Å². The molecule has 1 aromatic carbocycles. The van der Waals surface area contributed by atoms with Crippen molar-refractivity contribution in [3.63, 3.8) is 0 Å². The van der Waals surface area contributed by atoms with Crippen LogP contribution in [0.15, 0.2) is 54.1 Å². The van der Waals surface area contributed by atoms with E-state index in [0.29, 0.717) is 32.7 Å². The summed E-state index contributed by atoms with van der Waals surface area (Å²) in [6.45, 7) is 5.81. The highest BCUT2D eigenvalue weighted by Gasteiger charge is 2.75. The van der Waals surface area contributed by atoms with Crippen molar-refractivity contribution in [2.75, 3.05) is 26.3 Å². The minimum Gasteiger partial charge on any atom is -0.393 e. The second-order valence-electron chi connectivity index (χ2n) is 12.5. The Morgan fingerprint density at radius 3 is 2.79 bits per heavy atom. The zero-order valence-corrected chi connectivity index (χ0v) is 22.3. The van der Waals surface area contributed by atoms with Gasteiger partial charge in [-0.2, -0.15) is 5.06 Å². The lowest BCUT2D eigenvalue weighted by Crippen LogP contribution is -2.63. The number of nitrogens with zero attached hydrogens (tertiary/aromatic N) is 1. The topological polar surface area (TPSA) is 96.3 Å². The van der Waals surface area contributed by atoms with E-state index >= 15 is 0 Å². The van der Waals surface area contributed by atoms with Crippen LogP contribution >= 0.6 is 0 Å². The lowest BCUT2D eigenvalue weighted by atomic mass is 9.46. The molecule has 38 heavy (non-hydrogen) atoms. The number of ketones is 2. The maximum atomic E-state index is 13.6. The Morgan fingerprint density at radius 2 is 2.03 bits per heavy atom. The van der Waals surface area contributed by atoms with Gasteiger partial charge in [0.15, 0.2) is 17.2 Å². The lowest BCUT2D eigenvalue weighted by Gasteiger charge is -2.59. The molecule has 7 nitrogen and oxygen atoms in total. The molecule has 1 saturated heterocycles. The first-order valence-corrected chi connectivity index (χ1v) is 14.0. The first kappa shape index (κ1) is 26.1. The summed E-state index contributed by atoms with van der Waals surface area (Å²) in [5.74, 6) is 0.0889. The molecular formula is C31H39NO6. The number of aliphatic hydroxyl groups excluding tert-OH is 2. The van der Waals surface area contributed by atoms with Crippen molar-refractivity contribution in [2.45, 2.75) is 57.8 Å². The number of hydrogen-bond acceptors (Lipinski definition) is 7. The Bertz CT molecular complexity index is 1160. The fourth-order valence-electron chi connectivity index (χ4n) is 9.12. The maximum Gasteiger partial charge on any atom is 0.192 e. The summed E-state index contributed by atoms with van der Waals surface area (Å²) in [7, 11) is 0. The van der Waals surface area contributed by atoms with Gasteiger partial charge in [-0.25, -0.2) is 0 Å². The van der Waals surface area contributed by atoms with Crippen molar-refractivity contribution in [1.82, 2.24) is 5.06 Å². The van der Waals surface area contributed by atoms with E-state index in [2.05, 4.69) is 13.8 Å². The molecule has 1 aromatic rings. The zero-order chi connectivity index (χ0) is 26.7. The molecule has 8 atom stereocenters. The molecule has 6 rings (SSSR count). The van der Waals surface area contributed by atoms with Crippen LogP contribution in [0.2, 0.25) is 0 Å². The molecule has 204 valence electrons. The predicted molar refractivity (Wildman–Crippen MR) is 140 cm³/mol. The molecule has 0 aromatic heterocycles. The Labute approximate surface area is 224 Å². The lowest BCUT2D eigenvalue weighted by molar-refractivity contribution is -0.253. The number of rotatable bonds is 7. The third kappa shape index (κ3) is 3.74. The van der Waals surface area contributed by atoms with E-state index in [1.165, 1.54) is 0 Å². The fourth-order valence-corrected chi connectivity index (χ4v) is 9.12. The number of fused-ring (bicyclic) bond motifs is 7. The van der Waals surface area contributed by atoms with Crippen molar-refractivity contribution >= 4 is 11.6 Å². The van der Waals surface area contributed by atoms with Crippen LogP contribution in [0.25, 0.3) is 0 Å². The first-order valence-electron chi connectivity index (χ1n) is 14.0. The SMILES string of the molecule is C[C@]12C=CC(=O)C=C1CC[C@@H]1[C@@H]2[C@@H](O)C[C@@]2(C)[C@H]1C[C@H]1CN(CCOCc3ccccc3)O[C@]12C(=O)CO. The van der Waals surface area contributed by atoms with Gasteiger partial charge >= 0.3 is 0 Å². The van der Waals surface area contributed by atoms with Crippen LogP contribution in [0.4, 0.5) is 0 Å². The fraction of sp³-hybridized carbons (Fsp3) is 0.613. The molecule has 0 amide bonds. The van der Waals surface area contributed by atoms with Gasteiger partial charge < -0.3 is 14.9 Å². The Morgan fingerprint density at radius 1 is 1.24 bits per heavy atom. The van der Waals surface area contributed by atoms with Crippen LogP contribution in [0, 0.1) is 34.5 Å². The molecule has 0 radical (unpaired) electrons. The molecule has 4 aliphatic carbocycles. The number of Topliss-reactive ketones (excluding diaryl/α,β-unsaturated/α-hetero) is 1. The molecule has 3 saturated carbocycles. The second kappa shape index (κ2) is 9.49. The number of ether oxygens (including phenoxy) is 1. The standard InChI is InChI=1S/C31H39NO6/c1-29-11-10-23(34)14-21(29)8-9-24-25-15-22-17-32(12-13-37-19-20-6-4-3-5-7-20)38-31(22,27(36)18-33)30(25,2)16-26(35)28(24)29/h3-7,10-11,14,22,24-26,28,33,35H,8-9,12-13,15-19H2,1-2H3/t22-,24-,25-,26-,28+,29-,30-,31-/m0/s1. The number of carbonyl (C=O) groups excluding carboxylic acids is 2. The summed E-state index contributed by atoms with van der Waals surface area (Å²) in [6.07, 6.45) is 7.75. The van der Waals surface area contributed by atoms with Gasteiger partial charge in [0.25, 0.3) is 0 Å². The van der Waals surface area contributed by atoms with Crippen LogP contribution < -0.4 is 0 Å². The third-order valence-corrected chi connectivity index (χ3v) is 10.7. The summed E-state index contributed by atoms with van der Waals surface area (Å²) in [5.41, 5.74) is 0.130. The van der Waals surface area contributed by atoms with E-state index in [0.717, 1.165) is 30.4 Å². The molecule has 0 unspecified atom stereocenters. The normalized spacial score (nSPS) is 41.7. The van der Waals surface area contributed by atoms with Crippen molar-refractivity contribution in [2.24, 2.45) is 34.5 Å². The molecule has 1 aliphatic heterocycles. The van der Waals surface area contributed by atoms with Gasteiger partial charge in [-0.15, -0.1) is 0 Å². The summed E-state index contributed by atoms with van der Waals surface area (Å²) in [5, 5.41) is 23.7. The molecule has 0 bridgehead atoms. The average molecular weight is 522 g/mol. The van der Waals surface area contributed by atoms with Crippen molar-refractivity contribution in [1.29, 1.82) is 0 Å². The molecular weight excluding hydrogens is 482 g/mol. The van der Waals surface area contributed by atoms with Crippen LogP contribution in [0.1, 0.15) is 45.1 Å². The molecule has 7 heteroatoms. The summed E-state index contributed by atoms with van der Waals surface area (Å²) in [4.78, 5) is 32.2. The van der Waals surface area contributed by atoms with Crippen molar-refractivity contribution in [3.05, 3.63) is 59.7 Å². The largest absolute Gasteiger partial charge is 0.393 e. The van der Waals surface area contributed by atoms with Gasteiger partial charge in [-0.3, -0.25) is 14.4 Å². The Balaban J connectivity index is 1.22. The Kier molecular flexibility index (Phi) is 6.51. The quantitative estimate of drug-likeness (QED) is 0.532. The van der Waals surface area contributed by atoms with Crippen LogP contribution in [0.3, 0.4) is 0 Å². The number of allylic oxidation sites excluding steroid dienone is 4. The highest BCUT2D eigenvalue weighted by molar-refractivity contribution is 6.01. The highest BCUT2D eigenvalue weighted by Crippen LogP contribution is 2.70. The van der Waals surface area contributed by atoms with Gasteiger partial charge in [0.2, 0.25) is 0 Å². The van der Waals surface area contributed by atoms with Gasteiger partial charge in [-0.05, 0) is 55.2 Å². The van der Waals surface area contributed by atoms with Crippen LogP contribution in [0.5, 0.6) is 0 Å². The van der Waals surface area contributed by atoms with Gasteiger partial charge in [0, 0.05) is 35.8 Å². The van der Waals surface area contributed by atoms with Gasteiger partial charge in [0.05, 0.1) is 19.3 Å². The van der Waals surface area contributed by atoms with E-state index < -0.39 is 23.7 Å². The van der Waals surface area contributed by atoms with E-state index in [4.69, 9.17) is 9.57 Å². The summed E-state index contributed by atoms with van der Waals surface area (Å²) < 4.78 is 5.88. The minimum atomic E-state index is -1.15. The smallest absolute Gasteiger partial charge is 0.192 e. The van der Waals surface area contributed by atoms with Gasteiger partial charge in [-0.1, -0.05) is 55.8 Å². The predicted octanol–water partition coefficient (Wildman–Crippen LogP) is 3.26. The zero-order valence-electron chi connectivity index (χ0n) is 22.3. The number of benzene rings is 1. The number of aliphatic hydroxyl groups is 2. The van der Waals surface area contributed by atoms with Gasteiger partial charge in [0.1, 0.15) is 6.61 Å². The molecule has 2 N–H and O–H groups in total. The molecule has 4 fully saturated rings. The van der Waals surface area contributed by atoms with Crippen molar-refractivity contribution in [3.8, 4) is 0 Å². The minimum absolute atomic E-state index is 0.00693. The Hall–Kier alpha value is -2.16. The molecule has 1 heterocycles. The second-order valence-corrected chi connectivity index (χ2v) is 12.5. The van der Waals surface area contributed by atoms with Crippen LogP contribution in [-0.2, 0) is 25.8 Å². The number of hydroxylamine groups is 2. The molecule has 0 spiro atoms. The van der Waals surface area contributed by atoms with E-state index in [1.54, 1.807) is 12.2 Å². The first-order chi connectivity index (χ1) is 18.2. The third-order valence-electron chi connectivity index (χ3n) is 10.7. The van der Waals surface area contributed by atoms with E-state index in [9.17, 15) is 19.8 Å². The monoisotopic (exact) mass is 521 g/mol. The molecule has 5 aliphatic rings.